The van der Waals surface area contributed by atoms with Gasteiger partial charge in [-0.05, 0) is 42.8 Å². The quantitative estimate of drug-likeness (QED) is 0.649. The highest BCUT2D eigenvalue weighted by molar-refractivity contribution is 7.89. The van der Waals surface area contributed by atoms with Crippen LogP contribution in [-0.4, -0.2) is 22.1 Å². The van der Waals surface area contributed by atoms with Crippen LogP contribution in [0.2, 0.25) is 5.02 Å². The molecule has 5 nitrogen and oxygen atoms in total. The highest BCUT2D eigenvalue weighted by atomic mass is 35.5. The van der Waals surface area contributed by atoms with Gasteiger partial charge in [0.15, 0.2) is 0 Å². The number of methoxy groups -OCH3 is 1. The number of thiophene rings is 1. The second kappa shape index (κ2) is 7.61. The van der Waals surface area contributed by atoms with Gasteiger partial charge in [-0.25, -0.2) is 13.1 Å². The van der Waals surface area contributed by atoms with E-state index in [4.69, 9.17) is 20.8 Å². The van der Waals surface area contributed by atoms with Crippen molar-refractivity contribution < 1.29 is 17.6 Å². The van der Waals surface area contributed by atoms with Gasteiger partial charge in [-0.3, -0.25) is 0 Å². The van der Waals surface area contributed by atoms with E-state index >= 15 is 0 Å². The first-order chi connectivity index (χ1) is 12.0. The first-order valence-electron chi connectivity index (χ1n) is 7.44. The van der Waals surface area contributed by atoms with E-state index in [1.54, 1.807) is 23.9 Å². The lowest BCUT2D eigenvalue weighted by atomic mass is 10.3. The smallest absolute Gasteiger partial charge is 0.240 e. The zero-order valence-corrected chi connectivity index (χ0v) is 15.7. The Morgan fingerprint density at radius 1 is 1.24 bits per heavy atom. The van der Waals surface area contributed by atoms with Crippen LogP contribution in [0.3, 0.4) is 0 Å². The number of sulfonamides is 1. The number of rotatable bonds is 7. The fraction of sp³-hybridized carbons (Fsp3) is 0.176. The maximum atomic E-state index is 12.3. The number of benzene rings is 1. The standard InChI is InChI=1S/C17H16ClNO4S2/c1-22-16-4-3-14(10-15(16)18)25(20,21)19-8-6-13-2-5-17(24-13)12-7-9-23-11-12/h2-5,7,9-11,19H,6,8H2,1H3. The third kappa shape index (κ3) is 4.24. The molecular weight excluding hydrogens is 382 g/mol. The van der Waals surface area contributed by atoms with Crippen molar-refractivity contribution in [1.82, 2.24) is 4.72 Å². The van der Waals surface area contributed by atoms with Gasteiger partial charge in [-0.2, -0.15) is 0 Å². The first-order valence-corrected chi connectivity index (χ1v) is 10.1. The van der Waals surface area contributed by atoms with Crippen molar-refractivity contribution in [3.8, 4) is 16.2 Å². The molecule has 3 rings (SSSR count). The molecule has 0 amide bonds. The van der Waals surface area contributed by atoms with Gasteiger partial charge in [0.05, 0.1) is 29.6 Å². The van der Waals surface area contributed by atoms with E-state index in [0.717, 1.165) is 15.3 Å². The van der Waals surface area contributed by atoms with Crippen molar-refractivity contribution in [3.05, 3.63) is 58.8 Å². The SMILES string of the molecule is COc1ccc(S(=O)(=O)NCCc2ccc(-c3ccoc3)s2)cc1Cl. The van der Waals surface area contributed by atoms with Crippen molar-refractivity contribution in [2.75, 3.05) is 13.7 Å². The number of hydrogen-bond acceptors (Lipinski definition) is 5. The molecule has 3 aromatic rings. The molecule has 0 fully saturated rings. The lowest BCUT2D eigenvalue weighted by molar-refractivity contribution is 0.414. The minimum Gasteiger partial charge on any atom is -0.495 e. The Labute approximate surface area is 155 Å². The minimum absolute atomic E-state index is 0.114. The maximum Gasteiger partial charge on any atom is 0.240 e. The molecule has 0 saturated heterocycles. The molecule has 0 saturated carbocycles. The molecule has 1 aromatic carbocycles. The summed E-state index contributed by atoms with van der Waals surface area (Å²) in [5.41, 5.74) is 1.02. The van der Waals surface area contributed by atoms with Crippen molar-refractivity contribution in [1.29, 1.82) is 0 Å². The second-order valence-corrected chi connectivity index (χ2v) is 8.56. The Kier molecular flexibility index (Phi) is 5.48. The van der Waals surface area contributed by atoms with E-state index < -0.39 is 10.0 Å². The number of furan rings is 1. The van der Waals surface area contributed by atoms with Gasteiger partial charge in [0, 0.05) is 21.9 Å². The van der Waals surface area contributed by atoms with E-state index in [-0.39, 0.29) is 9.92 Å². The van der Waals surface area contributed by atoms with Gasteiger partial charge in [0.1, 0.15) is 5.75 Å². The minimum atomic E-state index is -3.61. The van der Waals surface area contributed by atoms with Crippen LogP contribution in [-0.2, 0) is 16.4 Å². The fourth-order valence-electron chi connectivity index (χ4n) is 2.28. The van der Waals surface area contributed by atoms with Crippen LogP contribution in [0.15, 0.2) is 58.2 Å². The summed E-state index contributed by atoms with van der Waals surface area (Å²) < 4.78 is 37.4. The Hall–Kier alpha value is -1.80. The normalized spacial score (nSPS) is 11.6. The topological polar surface area (TPSA) is 68.5 Å². The molecule has 0 radical (unpaired) electrons. The van der Waals surface area contributed by atoms with Crippen LogP contribution in [0.1, 0.15) is 4.88 Å². The molecule has 0 bridgehead atoms. The highest BCUT2D eigenvalue weighted by Gasteiger charge is 2.16. The molecule has 0 atom stereocenters. The zero-order chi connectivity index (χ0) is 17.9. The summed E-state index contributed by atoms with van der Waals surface area (Å²) in [4.78, 5) is 2.30. The highest BCUT2D eigenvalue weighted by Crippen LogP contribution is 2.29. The van der Waals surface area contributed by atoms with Crippen LogP contribution in [0.4, 0.5) is 0 Å². The van der Waals surface area contributed by atoms with Crippen molar-refractivity contribution >= 4 is 33.0 Å². The molecule has 25 heavy (non-hydrogen) atoms. The summed E-state index contributed by atoms with van der Waals surface area (Å²) in [6, 6.07) is 10.3. The molecule has 0 aliphatic carbocycles. The van der Waals surface area contributed by atoms with Gasteiger partial charge in [0.2, 0.25) is 10.0 Å². The summed E-state index contributed by atoms with van der Waals surface area (Å²) in [7, 11) is -2.14. The summed E-state index contributed by atoms with van der Waals surface area (Å²) in [6.07, 6.45) is 3.92. The summed E-state index contributed by atoms with van der Waals surface area (Å²) in [6.45, 7) is 0.303. The maximum absolute atomic E-state index is 12.3. The Morgan fingerprint density at radius 3 is 2.76 bits per heavy atom. The predicted octanol–water partition coefficient (Wildman–Crippen LogP) is 4.19. The molecule has 0 aliphatic heterocycles. The first kappa shape index (κ1) is 18.0. The number of ether oxygens (including phenoxy) is 1. The molecule has 0 spiro atoms. The predicted molar refractivity (Wildman–Crippen MR) is 98.9 cm³/mol. The van der Waals surface area contributed by atoms with Gasteiger partial charge >= 0.3 is 0 Å². The molecule has 0 aliphatic rings. The Balaban J connectivity index is 1.62. The van der Waals surface area contributed by atoms with Crippen molar-refractivity contribution in [2.45, 2.75) is 11.3 Å². The van der Waals surface area contributed by atoms with E-state index in [0.29, 0.717) is 18.7 Å². The lowest BCUT2D eigenvalue weighted by Gasteiger charge is -2.08. The van der Waals surface area contributed by atoms with Gasteiger partial charge in [-0.15, -0.1) is 11.3 Å². The molecular formula is C17H16ClNO4S2. The zero-order valence-electron chi connectivity index (χ0n) is 13.4. The number of nitrogens with one attached hydrogen (secondary N) is 1. The molecule has 0 unspecified atom stereocenters. The summed E-state index contributed by atoms with van der Waals surface area (Å²) in [5, 5.41) is 0.258. The van der Waals surface area contributed by atoms with E-state index in [1.165, 1.54) is 25.3 Å². The van der Waals surface area contributed by atoms with Crippen molar-refractivity contribution in [2.24, 2.45) is 0 Å². The van der Waals surface area contributed by atoms with Crippen LogP contribution >= 0.6 is 22.9 Å². The average Bonchev–Trinajstić information content (AvgIpc) is 3.26. The average molecular weight is 398 g/mol. The molecule has 2 heterocycles. The van der Waals surface area contributed by atoms with E-state index in [2.05, 4.69) is 4.72 Å². The monoisotopic (exact) mass is 397 g/mol. The Morgan fingerprint density at radius 2 is 2.08 bits per heavy atom. The Bertz CT molecular complexity index is 949. The molecule has 1 N–H and O–H groups in total. The van der Waals surface area contributed by atoms with Gasteiger partial charge in [-0.1, -0.05) is 11.6 Å². The third-order valence-electron chi connectivity index (χ3n) is 3.56. The van der Waals surface area contributed by atoms with Crippen LogP contribution in [0, 0.1) is 0 Å². The largest absolute Gasteiger partial charge is 0.495 e. The summed E-state index contributed by atoms with van der Waals surface area (Å²) in [5.74, 6) is 0.436. The third-order valence-corrected chi connectivity index (χ3v) is 6.51. The van der Waals surface area contributed by atoms with E-state index in [1.807, 2.05) is 18.2 Å². The fourth-order valence-corrected chi connectivity index (χ4v) is 4.65. The second-order valence-electron chi connectivity index (χ2n) is 5.22. The summed E-state index contributed by atoms with van der Waals surface area (Å²) >= 11 is 7.61. The van der Waals surface area contributed by atoms with Crippen LogP contribution in [0.25, 0.3) is 10.4 Å². The van der Waals surface area contributed by atoms with Crippen LogP contribution in [0.5, 0.6) is 5.75 Å². The lowest BCUT2D eigenvalue weighted by Crippen LogP contribution is -2.25. The van der Waals surface area contributed by atoms with Crippen molar-refractivity contribution in [3.63, 3.8) is 0 Å². The molecule has 8 heteroatoms. The number of hydrogen-bond donors (Lipinski definition) is 1. The van der Waals surface area contributed by atoms with Gasteiger partial charge < -0.3 is 9.15 Å². The number of halogens is 1. The van der Waals surface area contributed by atoms with E-state index in [9.17, 15) is 8.42 Å². The van der Waals surface area contributed by atoms with Gasteiger partial charge in [0.25, 0.3) is 0 Å². The molecule has 2 aromatic heterocycles. The van der Waals surface area contributed by atoms with Crippen LogP contribution < -0.4 is 9.46 Å². The molecule has 132 valence electrons.